The van der Waals surface area contributed by atoms with E-state index in [1.54, 1.807) is 13.2 Å². The van der Waals surface area contributed by atoms with Gasteiger partial charge in [0.1, 0.15) is 12.4 Å². The fourth-order valence-electron chi connectivity index (χ4n) is 1.55. The van der Waals surface area contributed by atoms with Gasteiger partial charge in [0.15, 0.2) is 0 Å². The second-order valence-electron chi connectivity index (χ2n) is 5.87. The lowest BCUT2D eigenvalue weighted by molar-refractivity contribution is -0.138. The summed E-state index contributed by atoms with van der Waals surface area (Å²) in [6.45, 7) is 7.47. The number of hydrogen-bond acceptors (Lipinski definition) is 4. The van der Waals surface area contributed by atoms with Gasteiger partial charge < -0.3 is 9.47 Å². The number of carbonyl (C=O) groups excluding carboxylic acids is 1. The third-order valence-corrected chi connectivity index (χ3v) is 3.34. The van der Waals surface area contributed by atoms with Crippen LogP contribution in [0.3, 0.4) is 0 Å². The second-order valence-corrected chi connectivity index (χ2v) is 5.87. The fourth-order valence-corrected chi connectivity index (χ4v) is 1.55. The van der Waals surface area contributed by atoms with Crippen LogP contribution in [0.25, 0.3) is 6.08 Å². The van der Waals surface area contributed by atoms with E-state index in [1.165, 1.54) is 6.08 Å². The molecule has 0 radical (unpaired) electrons. The molecule has 0 aliphatic rings. The van der Waals surface area contributed by atoms with Crippen molar-refractivity contribution in [2.75, 3.05) is 27.3 Å². The number of ether oxygens (including phenoxy) is 2. The van der Waals surface area contributed by atoms with Crippen molar-refractivity contribution in [3.05, 3.63) is 35.9 Å². The Morgan fingerprint density at radius 3 is 2.32 bits per heavy atom. The summed E-state index contributed by atoms with van der Waals surface area (Å²) in [5, 5.41) is 0. The van der Waals surface area contributed by atoms with Gasteiger partial charge in [0.25, 0.3) is 0 Å². The number of nitrogens with zero attached hydrogens (tertiary/aromatic N) is 1. The standard InChI is InChI=1S/C17H25NO3.ClH/c1-17(2,3)18(4)12-13-21-16(19)11-8-14-6-9-15(20-5)10-7-14;/h6-11H,12-13H2,1-5H3;1H. The lowest BCUT2D eigenvalue weighted by atomic mass is 10.1. The molecule has 0 spiro atoms. The van der Waals surface area contributed by atoms with Crippen molar-refractivity contribution in [1.29, 1.82) is 0 Å². The minimum Gasteiger partial charge on any atom is -0.497 e. The predicted octanol–water partition coefficient (Wildman–Crippen LogP) is 3.40. The molecule has 0 aromatic heterocycles. The molecule has 0 atom stereocenters. The molecular weight excluding hydrogens is 302 g/mol. The number of rotatable bonds is 6. The molecule has 0 fully saturated rings. The molecule has 0 heterocycles. The van der Waals surface area contributed by atoms with Gasteiger partial charge in [-0.05, 0) is 51.6 Å². The zero-order chi connectivity index (χ0) is 15.9. The van der Waals surface area contributed by atoms with E-state index in [9.17, 15) is 4.79 Å². The zero-order valence-corrected chi connectivity index (χ0v) is 14.8. The normalized spacial score (nSPS) is 11.4. The number of hydrogen-bond donors (Lipinski definition) is 0. The summed E-state index contributed by atoms with van der Waals surface area (Å²) in [5.41, 5.74) is 1.00. The number of benzene rings is 1. The maximum atomic E-state index is 11.6. The van der Waals surface area contributed by atoms with Gasteiger partial charge in [-0.25, -0.2) is 4.79 Å². The second kappa shape index (κ2) is 9.49. The van der Waals surface area contributed by atoms with Crippen LogP contribution in [0.1, 0.15) is 26.3 Å². The van der Waals surface area contributed by atoms with Crippen molar-refractivity contribution in [3.8, 4) is 5.75 Å². The van der Waals surface area contributed by atoms with Gasteiger partial charge in [-0.15, -0.1) is 12.4 Å². The molecular formula is C17H26ClNO3. The highest BCUT2D eigenvalue weighted by Gasteiger charge is 2.16. The van der Waals surface area contributed by atoms with Gasteiger partial charge in [0, 0.05) is 18.2 Å². The molecule has 5 heteroatoms. The topological polar surface area (TPSA) is 38.8 Å². The Morgan fingerprint density at radius 1 is 1.23 bits per heavy atom. The van der Waals surface area contributed by atoms with Crippen LogP contribution in [0.5, 0.6) is 5.75 Å². The Balaban J connectivity index is 0.00000441. The van der Waals surface area contributed by atoms with Gasteiger partial charge >= 0.3 is 5.97 Å². The molecule has 0 unspecified atom stereocenters. The number of halogens is 1. The molecule has 0 bridgehead atoms. The van der Waals surface area contributed by atoms with E-state index in [0.29, 0.717) is 13.2 Å². The molecule has 124 valence electrons. The summed E-state index contributed by atoms with van der Waals surface area (Å²) in [7, 11) is 3.64. The van der Waals surface area contributed by atoms with Crippen LogP contribution in [-0.4, -0.2) is 43.7 Å². The Hall–Kier alpha value is -1.52. The molecule has 22 heavy (non-hydrogen) atoms. The maximum absolute atomic E-state index is 11.6. The highest BCUT2D eigenvalue weighted by molar-refractivity contribution is 5.87. The van der Waals surface area contributed by atoms with Crippen LogP contribution >= 0.6 is 12.4 Å². The zero-order valence-electron chi connectivity index (χ0n) is 14.0. The molecule has 4 nitrogen and oxygen atoms in total. The number of esters is 1. The lowest BCUT2D eigenvalue weighted by Crippen LogP contribution is -2.40. The highest BCUT2D eigenvalue weighted by Crippen LogP contribution is 2.12. The number of carbonyl (C=O) groups is 1. The van der Waals surface area contributed by atoms with Crippen molar-refractivity contribution < 1.29 is 14.3 Å². The van der Waals surface area contributed by atoms with Crippen molar-refractivity contribution in [1.82, 2.24) is 4.90 Å². The first-order chi connectivity index (χ1) is 9.82. The molecule has 0 aliphatic carbocycles. The molecule has 0 amide bonds. The van der Waals surface area contributed by atoms with Crippen molar-refractivity contribution in [3.63, 3.8) is 0 Å². The molecule has 0 saturated heterocycles. The SMILES string of the molecule is COc1ccc(C=CC(=O)OCCN(C)C(C)(C)C)cc1.Cl. The molecule has 0 aliphatic heterocycles. The average molecular weight is 328 g/mol. The fraction of sp³-hybridized carbons (Fsp3) is 0.471. The number of methoxy groups -OCH3 is 1. The minimum absolute atomic E-state index is 0. The molecule has 1 aromatic rings. The van der Waals surface area contributed by atoms with Crippen LogP contribution in [-0.2, 0) is 9.53 Å². The van der Waals surface area contributed by atoms with E-state index in [0.717, 1.165) is 11.3 Å². The number of likely N-dealkylation sites (N-methyl/N-ethyl adjacent to an activating group) is 1. The molecule has 0 N–H and O–H groups in total. The van der Waals surface area contributed by atoms with Crippen LogP contribution in [0.4, 0.5) is 0 Å². The van der Waals surface area contributed by atoms with Crippen LogP contribution in [0.2, 0.25) is 0 Å². The highest BCUT2D eigenvalue weighted by atomic mass is 35.5. The maximum Gasteiger partial charge on any atom is 0.330 e. The summed E-state index contributed by atoms with van der Waals surface area (Å²) >= 11 is 0. The predicted molar refractivity (Wildman–Crippen MR) is 92.6 cm³/mol. The molecule has 0 saturated carbocycles. The monoisotopic (exact) mass is 327 g/mol. The summed E-state index contributed by atoms with van der Waals surface area (Å²) < 4.78 is 10.3. The van der Waals surface area contributed by atoms with E-state index in [1.807, 2.05) is 31.3 Å². The summed E-state index contributed by atoms with van der Waals surface area (Å²) in [6.07, 6.45) is 3.17. The molecule has 1 rings (SSSR count). The first-order valence-electron chi connectivity index (χ1n) is 7.03. The third kappa shape index (κ3) is 7.48. The quantitative estimate of drug-likeness (QED) is 0.593. The van der Waals surface area contributed by atoms with Crippen LogP contribution in [0.15, 0.2) is 30.3 Å². The third-order valence-electron chi connectivity index (χ3n) is 3.34. The van der Waals surface area contributed by atoms with Crippen molar-refractivity contribution in [2.24, 2.45) is 0 Å². The Labute approximate surface area is 139 Å². The minimum atomic E-state index is -0.326. The van der Waals surface area contributed by atoms with Gasteiger partial charge in [0.05, 0.1) is 7.11 Å². The summed E-state index contributed by atoms with van der Waals surface area (Å²) in [6, 6.07) is 7.47. The van der Waals surface area contributed by atoms with E-state index in [-0.39, 0.29) is 23.9 Å². The van der Waals surface area contributed by atoms with Crippen LogP contribution in [0, 0.1) is 0 Å². The molecule has 1 aromatic carbocycles. The van der Waals surface area contributed by atoms with Crippen LogP contribution < -0.4 is 4.74 Å². The van der Waals surface area contributed by atoms with Gasteiger partial charge in [-0.1, -0.05) is 12.1 Å². The Morgan fingerprint density at radius 2 is 1.82 bits per heavy atom. The van der Waals surface area contributed by atoms with E-state index >= 15 is 0 Å². The lowest BCUT2D eigenvalue weighted by Gasteiger charge is -2.31. The smallest absolute Gasteiger partial charge is 0.330 e. The van der Waals surface area contributed by atoms with E-state index < -0.39 is 0 Å². The van der Waals surface area contributed by atoms with Gasteiger partial charge in [-0.2, -0.15) is 0 Å². The Bertz CT molecular complexity index is 478. The van der Waals surface area contributed by atoms with Crippen molar-refractivity contribution in [2.45, 2.75) is 26.3 Å². The average Bonchev–Trinajstić information content (AvgIpc) is 2.44. The van der Waals surface area contributed by atoms with Gasteiger partial charge in [0.2, 0.25) is 0 Å². The van der Waals surface area contributed by atoms with Gasteiger partial charge in [-0.3, -0.25) is 4.90 Å². The summed E-state index contributed by atoms with van der Waals surface area (Å²) in [5.74, 6) is 0.466. The van der Waals surface area contributed by atoms with E-state index in [2.05, 4.69) is 25.7 Å². The summed E-state index contributed by atoms with van der Waals surface area (Å²) in [4.78, 5) is 13.8. The van der Waals surface area contributed by atoms with E-state index in [4.69, 9.17) is 9.47 Å². The largest absolute Gasteiger partial charge is 0.497 e. The first kappa shape index (κ1) is 20.5. The first-order valence-corrected chi connectivity index (χ1v) is 7.03. The van der Waals surface area contributed by atoms with Crippen molar-refractivity contribution >= 4 is 24.5 Å². The Kier molecular flexibility index (Phi) is 8.83.